The Bertz CT molecular complexity index is 301. The van der Waals surface area contributed by atoms with Crippen LogP contribution in [0.3, 0.4) is 0 Å². The van der Waals surface area contributed by atoms with E-state index >= 15 is 0 Å². The molecule has 0 N–H and O–H groups in total. The first-order valence-corrected chi connectivity index (χ1v) is 4.32. The van der Waals surface area contributed by atoms with Gasteiger partial charge in [0.2, 0.25) is 0 Å². The number of rotatable bonds is 6. The molecular formula is C6H9N3O6. The average molecular weight is 219 g/mol. The predicted octanol–water partition coefficient (Wildman–Crippen LogP) is -0.0363. The molecule has 0 aliphatic heterocycles. The molecule has 0 aromatic carbocycles. The lowest BCUT2D eigenvalue weighted by molar-refractivity contribution is -0.650. The topological polar surface area (TPSA) is 129 Å². The summed E-state index contributed by atoms with van der Waals surface area (Å²) in [6, 6.07) is -3.15. The van der Waals surface area contributed by atoms with Crippen molar-refractivity contribution in [2.24, 2.45) is 5.92 Å². The van der Waals surface area contributed by atoms with Crippen molar-refractivity contribution in [3.8, 4) is 0 Å². The van der Waals surface area contributed by atoms with Gasteiger partial charge >= 0.3 is 6.04 Å². The molecule has 1 aliphatic rings. The summed E-state index contributed by atoms with van der Waals surface area (Å²) in [6.07, 6.45) is 1.07. The van der Waals surface area contributed by atoms with E-state index in [9.17, 15) is 30.3 Å². The van der Waals surface area contributed by atoms with E-state index in [1.165, 1.54) is 0 Å². The zero-order valence-electron chi connectivity index (χ0n) is 7.64. The molecule has 0 saturated heterocycles. The van der Waals surface area contributed by atoms with Crippen LogP contribution in [0.15, 0.2) is 0 Å². The van der Waals surface area contributed by atoms with Gasteiger partial charge in [-0.05, 0) is 12.8 Å². The van der Waals surface area contributed by atoms with Crippen LogP contribution in [0.1, 0.15) is 12.8 Å². The van der Waals surface area contributed by atoms with Crippen molar-refractivity contribution in [2.75, 3.05) is 6.54 Å². The van der Waals surface area contributed by atoms with Crippen molar-refractivity contribution < 1.29 is 14.8 Å². The van der Waals surface area contributed by atoms with Gasteiger partial charge in [0.05, 0.1) is 0 Å². The van der Waals surface area contributed by atoms with Crippen molar-refractivity contribution in [3.05, 3.63) is 30.3 Å². The maximum Gasteiger partial charge on any atom is 0.341 e. The van der Waals surface area contributed by atoms with Gasteiger partial charge in [0.1, 0.15) is 0 Å². The molecule has 15 heavy (non-hydrogen) atoms. The minimum absolute atomic E-state index is 0.379. The van der Waals surface area contributed by atoms with Crippen LogP contribution in [-0.4, -0.2) is 33.4 Å². The Morgan fingerprint density at radius 3 is 1.87 bits per heavy atom. The van der Waals surface area contributed by atoms with Gasteiger partial charge in [0.15, 0.2) is 0 Å². The number of nitro groups is 3. The van der Waals surface area contributed by atoms with Gasteiger partial charge < -0.3 is 0 Å². The smallest absolute Gasteiger partial charge is 0.264 e. The first kappa shape index (κ1) is 11.3. The number of hydrogen-bond acceptors (Lipinski definition) is 6. The van der Waals surface area contributed by atoms with E-state index < -0.39 is 33.4 Å². The van der Waals surface area contributed by atoms with E-state index in [0.29, 0.717) is 12.8 Å². The molecule has 1 aliphatic carbocycles. The van der Waals surface area contributed by atoms with Gasteiger partial charge in [-0.25, -0.2) is 0 Å². The largest absolute Gasteiger partial charge is 0.341 e. The molecule has 0 aromatic heterocycles. The second-order valence-electron chi connectivity index (χ2n) is 3.48. The van der Waals surface area contributed by atoms with E-state index in [1.807, 2.05) is 0 Å². The van der Waals surface area contributed by atoms with Crippen LogP contribution in [0.2, 0.25) is 0 Å². The lowest BCUT2D eigenvalue weighted by Gasteiger charge is -2.10. The zero-order chi connectivity index (χ0) is 11.6. The van der Waals surface area contributed by atoms with Gasteiger partial charge in [-0.3, -0.25) is 30.3 Å². The second kappa shape index (κ2) is 4.15. The van der Waals surface area contributed by atoms with Crippen LogP contribution in [0.5, 0.6) is 0 Å². The Morgan fingerprint density at radius 1 is 1.07 bits per heavy atom. The van der Waals surface area contributed by atoms with Crippen molar-refractivity contribution in [1.29, 1.82) is 0 Å². The molecule has 0 aromatic rings. The Balaban J connectivity index is 2.78. The third-order valence-electron chi connectivity index (χ3n) is 2.35. The molecule has 9 heteroatoms. The predicted molar refractivity (Wildman–Crippen MR) is 46.2 cm³/mol. The molecule has 0 radical (unpaired) electrons. The summed E-state index contributed by atoms with van der Waals surface area (Å²) in [4.78, 5) is 28.7. The molecule has 9 nitrogen and oxygen atoms in total. The van der Waals surface area contributed by atoms with Crippen molar-refractivity contribution >= 4 is 0 Å². The second-order valence-corrected chi connectivity index (χ2v) is 3.48. The van der Waals surface area contributed by atoms with Crippen LogP contribution in [0.25, 0.3) is 0 Å². The molecule has 2 atom stereocenters. The fourth-order valence-corrected chi connectivity index (χ4v) is 1.52. The molecule has 2 unspecified atom stereocenters. The van der Waals surface area contributed by atoms with Crippen LogP contribution in [-0.2, 0) is 0 Å². The summed E-state index contributed by atoms with van der Waals surface area (Å²) in [5.41, 5.74) is 0. The minimum Gasteiger partial charge on any atom is -0.264 e. The first-order valence-electron chi connectivity index (χ1n) is 4.32. The van der Waals surface area contributed by atoms with E-state index in [0.717, 1.165) is 0 Å². The van der Waals surface area contributed by atoms with E-state index in [4.69, 9.17) is 0 Å². The molecule has 0 spiro atoms. The minimum atomic E-state index is -1.72. The van der Waals surface area contributed by atoms with Crippen LogP contribution in [0, 0.1) is 36.3 Å². The van der Waals surface area contributed by atoms with E-state index in [-0.39, 0.29) is 5.92 Å². The van der Waals surface area contributed by atoms with Gasteiger partial charge in [-0.2, -0.15) is 0 Å². The van der Waals surface area contributed by atoms with Crippen molar-refractivity contribution in [3.63, 3.8) is 0 Å². The highest BCUT2D eigenvalue weighted by Crippen LogP contribution is 2.36. The SMILES string of the molecule is O=[N+]([O-])CC(C(C1CC1)[N+](=O)[O-])[N+](=O)[O-]. The summed E-state index contributed by atoms with van der Waals surface area (Å²) in [6.45, 7) is -0.991. The molecule has 0 amide bonds. The van der Waals surface area contributed by atoms with Gasteiger partial charge in [-0.1, -0.05) is 0 Å². The van der Waals surface area contributed by atoms with Gasteiger partial charge in [0, 0.05) is 20.7 Å². The highest BCUT2D eigenvalue weighted by Gasteiger charge is 2.53. The molecule has 0 heterocycles. The molecule has 1 saturated carbocycles. The van der Waals surface area contributed by atoms with Crippen LogP contribution < -0.4 is 0 Å². The van der Waals surface area contributed by atoms with E-state index in [2.05, 4.69) is 0 Å². The molecule has 84 valence electrons. The Kier molecular flexibility index (Phi) is 3.12. The highest BCUT2D eigenvalue weighted by atomic mass is 16.7. The van der Waals surface area contributed by atoms with Crippen LogP contribution in [0.4, 0.5) is 0 Å². The average Bonchev–Trinajstić information content (AvgIpc) is 2.85. The fourth-order valence-electron chi connectivity index (χ4n) is 1.52. The zero-order valence-corrected chi connectivity index (χ0v) is 7.64. The summed E-state index contributed by atoms with van der Waals surface area (Å²) in [5, 5.41) is 31.3. The van der Waals surface area contributed by atoms with Gasteiger partial charge in [0.25, 0.3) is 12.6 Å². The van der Waals surface area contributed by atoms with Crippen molar-refractivity contribution in [2.45, 2.75) is 24.9 Å². The van der Waals surface area contributed by atoms with Crippen LogP contribution >= 0.6 is 0 Å². The number of hydrogen-bond donors (Lipinski definition) is 0. The molecule has 1 rings (SSSR count). The third kappa shape index (κ3) is 2.82. The van der Waals surface area contributed by atoms with Crippen molar-refractivity contribution in [1.82, 2.24) is 0 Å². The molecule has 0 bridgehead atoms. The summed E-state index contributed by atoms with van der Waals surface area (Å²) in [5.74, 6) is -0.379. The Labute approximate surface area is 83.5 Å². The first-order chi connectivity index (χ1) is 6.93. The standard InChI is InChI=1S/C6H9N3O6/c10-7(11)3-5(8(12)13)6(9(14)15)4-1-2-4/h4-6H,1-3H2. The summed E-state index contributed by atoms with van der Waals surface area (Å²) < 4.78 is 0. The molecular weight excluding hydrogens is 210 g/mol. The summed E-state index contributed by atoms with van der Waals surface area (Å²) in [7, 11) is 0. The highest BCUT2D eigenvalue weighted by molar-refractivity contribution is 4.86. The maximum atomic E-state index is 10.6. The lowest BCUT2D eigenvalue weighted by atomic mass is 10.1. The third-order valence-corrected chi connectivity index (χ3v) is 2.35. The monoisotopic (exact) mass is 219 g/mol. The lowest BCUT2D eigenvalue weighted by Crippen LogP contribution is -2.45. The maximum absolute atomic E-state index is 10.6. The molecule has 1 fully saturated rings. The van der Waals surface area contributed by atoms with Gasteiger partial charge in [-0.15, -0.1) is 0 Å². The Morgan fingerprint density at radius 2 is 1.60 bits per heavy atom. The normalized spacial score (nSPS) is 19.2. The number of nitrogens with zero attached hydrogens (tertiary/aromatic N) is 3. The fraction of sp³-hybridized carbons (Fsp3) is 1.00. The summed E-state index contributed by atoms with van der Waals surface area (Å²) >= 11 is 0. The van der Waals surface area contributed by atoms with E-state index in [1.54, 1.807) is 0 Å². The quantitative estimate of drug-likeness (QED) is 0.455. The Hall–Kier alpha value is -1.80.